The number of fused-ring (bicyclic) bond motifs is 1. The third kappa shape index (κ3) is 2.81. The molecule has 2 aromatic carbocycles. The second kappa shape index (κ2) is 6.50. The predicted molar refractivity (Wildman–Crippen MR) is 96.2 cm³/mol. The lowest BCUT2D eigenvalue weighted by molar-refractivity contribution is 0.0697. The van der Waals surface area contributed by atoms with Crippen LogP contribution in [0.25, 0.3) is 10.9 Å². The van der Waals surface area contributed by atoms with Crippen LogP contribution in [0, 0.1) is 11.3 Å². The number of hydrogen-bond donors (Lipinski definition) is 2. The number of nitrogens with zero attached hydrogens (tertiary/aromatic N) is 1. The summed E-state index contributed by atoms with van der Waals surface area (Å²) >= 11 is 3.51. The molecule has 0 saturated carbocycles. The van der Waals surface area contributed by atoms with Crippen LogP contribution in [-0.2, 0) is 0 Å². The van der Waals surface area contributed by atoms with Gasteiger partial charge < -0.3 is 10.1 Å². The molecule has 0 radical (unpaired) electrons. The maximum absolute atomic E-state index is 11.1. The van der Waals surface area contributed by atoms with Crippen molar-refractivity contribution in [2.75, 3.05) is 0 Å². The first-order valence-corrected chi connectivity index (χ1v) is 8.38. The Bertz CT molecular complexity index is 969. The van der Waals surface area contributed by atoms with E-state index in [1.165, 1.54) is 0 Å². The zero-order chi connectivity index (χ0) is 17.3. The van der Waals surface area contributed by atoms with E-state index in [9.17, 15) is 4.79 Å². The van der Waals surface area contributed by atoms with E-state index >= 15 is 0 Å². The molecule has 120 valence electrons. The molecular formula is C19H15BrN2O2. The molecule has 1 aromatic heterocycles. The van der Waals surface area contributed by atoms with Crippen LogP contribution in [0.2, 0.25) is 0 Å². The minimum absolute atomic E-state index is 0.129. The molecule has 1 atom stereocenters. The lowest BCUT2D eigenvalue weighted by Gasteiger charge is -2.17. The monoisotopic (exact) mass is 382 g/mol. The van der Waals surface area contributed by atoms with E-state index < -0.39 is 5.97 Å². The van der Waals surface area contributed by atoms with Gasteiger partial charge >= 0.3 is 5.97 Å². The van der Waals surface area contributed by atoms with Crippen molar-refractivity contribution in [3.8, 4) is 6.07 Å². The van der Waals surface area contributed by atoms with Crippen molar-refractivity contribution in [1.29, 1.82) is 5.26 Å². The molecule has 0 saturated heterocycles. The first kappa shape index (κ1) is 16.3. The number of hydrogen-bond acceptors (Lipinski definition) is 2. The van der Waals surface area contributed by atoms with Crippen LogP contribution >= 0.6 is 15.9 Å². The summed E-state index contributed by atoms with van der Waals surface area (Å²) < 4.78 is 0.789. The molecule has 2 N–H and O–H groups in total. The van der Waals surface area contributed by atoms with Gasteiger partial charge in [-0.15, -0.1) is 0 Å². The van der Waals surface area contributed by atoms with Crippen molar-refractivity contribution in [2.24, 2.45) is 0 Å². The number of aromatic nitrogens is 1. The maximum Gasteiger partial charge on any atom is 0.335 e. The van der Waals surface area contributed by atoms with Gasteiger partial charge in [0.2, 0.25) is 0 Å². The van der Waals surface area contributed by atoms with Gasteiger partial charge in [0.25, 0.3) is 0 Å². The van der Waals surface area contributed by atoms with E-state index in [1.807, 2.05) is 30.5 Å². The van der Waals surface area contributed by atoms with Crippen molar-refractivity contribution in [1.82, 2.24) is 4.98 Å². The fraction of sp³-hybridized carbons (Fsp3) is 0.158. The molecule has 3 aromatic rings. The van der Waals surface area contributed by atoms with E-state index in [-0.39, 0.29) is 11.5 Å². The fourth-order valence-corrected chi connectivity index (χ4v) is 3.71. The van der Waals surface area contributed by atoms with Crippen LogP contribution < -0.4 is 0 Å². The zero-order valence-corrected chi connectivity index (χ0v) is 14.6. The Morgan fingerprint density at radius 3 is 2.71 bits per heavy atom. The minimum Gasteiger partial charge on any atom is -0.478 e. The number of carbonyl (C=O) groups is 1. The van der Waals surface area contributed by atoms with Gasteiger partial charge in [-0.1, -0.05) is 35.0 Å². The summed E-state index contributed by atoms with van der Waals surface area (Å²) in [4.78, 5) is 14.4. The van der Waals surface area contributed by atoms with E-state index in [2.05, 4.69) is 33.9 Å². The highest BCUT2D eigenvalue weighted by Crippen LogP contribution is 2.37. The zero-order valence-electron chi connectivity index (χ0n) is 13.0. The van der Waals surface area contributed by atoms with Crippen molar-refractivity contribution in [3.05, 3.63) is 69.3 Å². The van der Waals surface area contributed by atoms with Gasteiger partial charge in [0.15, 0.2) is 0 Å². The summed E-state index contributed by atoms with van der Waals surface area (Å²) in [6.45, 7) is 2.10. The highest BCUT2D eigenvalue weighted by Gasteiger charge is 2.19. The number of nitrogens with one attached hydrogen (secondary N) is 1. The average Bonchev–Trinajstić information content (AvgIpc) is 2.99. The summed E-state index contributed by atoms with van der Waals surface area (Å²) in [7, 11) is 0. The number of aromatic carboxylic acids is 1. The number of carboxylic acids is 1. The Labute approximate surface area is 147 Å². The van der Waals surface area contributed by atoms with Crippen molar-refractivity contribution in [2.45, 2.75) is 19.3 Å². The Balaban J connectivity index is 2.10. The van der Waals surface area contributed by atoms with Gasteiger partial charge in [-0.25, -0.2) is 4.79 Å². The number of aromatic amines is 1. The Hall–Kier alpha value is -2.58. The summed E-state index contributed by atoms with van der Waals surface area (Å²) in [5.74, 6) is -0.810. The highest BCUT2D eigenvalue weighted by atomic mass is 79.9. The second-order valence-corrected chi connectivity index (χ2v) is 6.47. The molecule has 0 amide bonds. The fourth-order valence-electron chi connectivity index (χ4n) is 3.06. The van der Waals surface area contributed by atoms with Crippen LogP contribution in [0.3, 0.4) is 0 Å². The lowest BCUT2D eigenvalue weighted by atomic mass is 9.88. The standard InChI is InChI=1S/C19H15BrN2O2/c1-2-13(14-6-4-12(19(23)24)8-17(14)20)16-10-22-18-7-11(9-21)3-5-15(16)18/h3-8,10,13,22H,2H2,1H3,(H,23,24). The normalized spacial score (nSPS) is 12.0. The van der Waals surface area contributed by atoms with Crippen LogP contribution in [0.1, 0.15) is 46.3 Å². The highest BCUT2D eigenvalue weighted by molar-refractivity contribution is 9.10. The van der Waals surface area contributed by atoms with E-state index in [1.54, 1.807) is 12.1 Å². The summed E-state index contributed by atoms with van der Waals surface area (Å²) in [5.41, 5.74) is 4.00. The molecule has 0 bridgehead atoms. The topological polar surface area (TPSA) is 76.9 Å². The first-order chi connectivity index (χ1) is 11.5. The molecule has 0 aliphatic carbocycles. The van der Waals surface area contributed by atoms with E-state index in [4.69, 9.17) is 10.4 Å². The number of H-pyrrole nitrogens is 1. The average molecular weight is 383 g/mol. The van der Waals surface area contributed by atoms with Gasteiger partial charge in [0, 0.05) is 27.5 Å². The predicted octanol–water partition coefficient (Wildman–Crippen LogP) is 5.04. The number of benzene rings is 2. The third-order valence-corrected chi connectivity index (χ3v) is 4.94. The molecule has 0 aliphatic rings. The summed E-state index contributed by atoms with van der Waals surface area (Å²) in [6, 6.07) is 12.9. The van der Waals surface area contributed by atoms with Gasteiger partial charge in [-0.3, -0.25) is 0 Å². The summed E-state index contributed by atoms with van der Waals surface area (Å²) in [5, 5.41) is 19.2. The van der Waals surface area contributed by atoms with Crippen LogP contribution in [0.15, 0.2) is 47.1 Å². The first-order valence-electron chi connectivity index (χ1n) is 7.59. The molecular weight excluding hydrogens is 368 g/mol. The molecule has 0 aliphatic heterocycles. The molecule has 1 unspecified atom stereocenters. The quantitative estimate of drug-likeness (QED) is 0.663. The van der Waals surface area contributed by atoms with E-state index in [0.717, 1.165) is 32.9 Å². The minimum atomic E-state index is -0.938. The maximum atomic E-state index is 11.1. The molecule has 4 nitrogen and oxygen atoms in total. The Morgan fingerprint density at radius 2 is 2.08 bits per heavy atom. The van der Waals surface area contributed by atoms with Crippen LogP contribution in [0.4, 0.5) is 0 Å². The number of rotatable bonds is 4. The SMILES string of the molecule is CCC(c1ccc(C(=O)O)cc1Br)c1c[nH]c2cc(C#N)ccc12. The molecule has 0 spiro atoms. The number of halogens is 1. The van der Waals surface area contributed by atoms with Crippen molar-refractivity contribution in [3.63, 3.8) is 0 Å². The number of nitriles is 1. The largest absolute Gasteiger partial charge is 0.478 e. The smallest absolute Gasteiger partial charge is 0.335 e. The number of carboxylic acid groups (broad SMARTS) is 1. The molecule has 0 fully saturated rings. The Morgan fingerprint density at radius 1 is 1.29 bits per heavy atom. The summed E-state index contributed by atoms with van der Waals surface area (Å²) in [6.07, 6.45) is 2.84. The van der Waals surface area contributed by atoms with Gasteiger partial charge in [0.1, 0.15) is 0 Å². The molecule has 24 heavy (non-hydrogen) atoms. The van der Waals surface area contributed by atoms with Crippen LogP contribution in [0.5, 0.6) is 0 Å². The lowest BCUT2D eigenvalue weighted by Crippen LogP contribution is -2.03. The van der Waals surface area contributed by atoms with E-state index in [0.29, 0.717) is 5.56 Å². The van der Waals surface area contributed by atoms with Crippen LogP contribution in [-0.4, -0.2) is 16.1 Å². The molecule has 3 rings (SSSR count). The Kier molecular flexibility index (Phi) is 4.41. The van der Waals surface area contributed by atoms with Gasteiger partial charge in [-0.05, 0) is 41.8 Å². The van der Waals surface area contributed by atoms with Gasteiger partial charge in [-0.2, -0.15) is 5.26 Å². The van der Waals surface area contributed by atoms with Crippen molar-refractivity contribution < 1.29 is 9.90 Å². The molecule has 5 heteroatoms. The van der Waals surface area contributed by atoms with Gasteiger partial charge in [0.05, 0.1) is 17.2 Å². The van der Waals surface area contributed by atoms with Crippen molar-refractivity contribution >= 4 is 32.8 Å². The second-order valence-electron chi connectivity index (χ2n) is 5.62. The molecule has 1 heterocycles. The third-order valence-electron chi connectivity index (χ3n) is 4.25.